The number of benzene rings is 1. The SMILES string of the molecule is CCN(CC)c1ccc(C(=O)Nc2ccccc2C(=O)OC)nc1. The van der Waals surface area contributed by atoms with Crippen LogP contribution in [0.5, 0.6) is 0 Å². The van der Waals surface area contributed by atoms with Crippen LogP contribution in [0.3, 0.4) is 0 Å². The maximum absolute atomic E-state index is 12.4. The maximum atomic E-state index is 12.4. The molecule has 0 bridgehead atoms. The molecule has 24 heavy (non-hydrogen) atoms. The topological polar surface area (TPSA) is 71.5 Å². The smallest absolute Gasteiger partial charge is 0.339 e. The molecule has 6 heteroatoms. The number of aromatic nitrogens is 1. The number of anilines is 2. The number of nitrogens with one attached hydrogen (secondary N) is 1. The molecule has 1 aromatic carbocycles. The summed E-state index contributed by atoms with van der Waals surface area (Å²) in [4.78, 5) is 30.5. The largest absolute Gasteiger partial charge is 0.465 e. The highest BCUT2D eigenvalue weighted by Crippen LogP contribution is 2.18. The number of esters is 1. The van der Waals surface area contributed by atoms with E-state index in [9.17, 15) is 9.59 Å². The first-order valence-corrected chi connectivity index (χ1v) is 7.80. The van der Waals surface area contributed by atoms with Gasteiger partial charge >= 0.3 is 5.97 Å². The average molecular weight is 327 g/mol. The molecular formula is C18H21N3O3. The fourth-order valence-corrected chi connectivity index (χ4v) is 2.36. The second-order valence-electron chi connectivity index (χ2n) is 5.07. The van der Waals surface area contributed by atoms with Crippen molar-refractivity contribution in [1.82, 2.24) is 4.98 Å². The summed E-state index contributed by atoms with van der Waals surface area (Å²) in [7, 11) is 1.30. The van der Waals surface area contributed by atoms with Gasteiger partial charge in [-0.3, -0.25) is 4.79 Å². The Morgan fingerprint density at radius 3 is 2.42 bits per heavy atom. The van der Waals surface area contributed by atoms with Gasteiger partial charge < -0.3 is 15.0 Å². The number of methoxy groups -OCH3 is 1. The Balaban J connectivity index is 2.17. The lowest BCUT2D eigenvalue weighted by Crippen LogP contribution is -2.22. The second-order valence-corrected chi connectivity index (χ2v) is 5.07. The van der Waals surface area contributed by atoms with Crippen molar-refractivity contribution in [3.8, 4) is 0 Å². The molecule has 0 aliphatic rings. The number of nitrogens with zero attached hydrogens (tertiary/aromatic N) is 2. The van der Waals surface area contributed by atoms with Crippen LogP contribution in [0.15, 0.2) is 42.6 Å². The van der Waals surface area contributed by atoms with Crippen LogP contribution < -0.4 is 10.2 Å². The summed E-state index contributed by atoms with van der Waals surface area (Å²) in [6.45, 7) is 5.87. The van der Waals surface area contributed by atoms with Crippen LogP contribution >= 0.6 is 0 Å². The van der Waals surface area contributed by atoms with Crippen molar-refractivity contribution in [2.75, 3.05) is 30.4 Å². The summed E-state index contributed by atoms with van der Waals surface area (Å²) < 4.78 is 4.72. The Hall–Kier alpha value is -2.89. The Bertz CT molecular complexity index is 710. The quantitative estimate of drug-likeness (QED) is 0.826. The number of carbonyl (C=O) groups excluding carboxylic acids is 2. The standard InChI is InChI=1S/C18H21N3O3/c1-4-21(5-2)13-10-11-16(19-12-13)17(22)20-15-9-7-6-8-14(15)18(23)24-3/h6-12H,4-5H2,1-3H3,(H,20,22). The lowest BCUT2D eigenvalue weighted by molar-refractivity contribution is 0.0602. The van der Waals surface area contributed by atoms with E-state index in [0.717, 1.165) is 18.8 Å². The summed E-state index contributed by atoms with van der Waals surface area (Å²) in [5.74, 6) is -0.881. The van der Waals surface area contributed by atoms with Crippen molar-refractivity contribution in [2.45, 2.75) is 13.8 Å². The highest BCUT2D eigenvalue weighted by Gasteiger charge is 2.15. The van der Waals surface area contributed by atoms with Crippen molar-refractivity contribution < 1.29 is 14.3 Å². The van der Waals surface area contributed by atoms with Crippen molar-refractivity contribution in [1.29, 1.82) is 0 Å². The van der Waals surface area contributed by atoms with Crippen molar-refractivity contribution in [2.24, 2.45) is 0 Å². The number of ether oxygens (including phenoxy) is 1. The van der Waals surface area contributed by atoms with E-state index in [1.165, 1.54) is 7.11 Å². The molecule has 0 fully saturated rings. The minimum absolute atomic E-state index is 0.283. The van der Waals surface area contributed by atoms with Gasteiger partial charge in [-0.15, -0.1) is 0 Å². The number of carbonyl (C=O) groups is 2. The van der Waals surface area contributed by atoms with E-state index in [2.05, 4.69) is 29.0 Å². The number of pyridine rings is 1. The van der Waals surface area contributed by atoms with E-state index in [1.54, 1.807) is 36.5 Å². The first-order chi connectivity index (χ1) is 11.6. The van der Waals surface area contributed by atoms with Crippen LogP contribution in [0.1, 0.15) is 34.7 Å². The average Bonchev–Trinajstić information content (AvgIpc) is 2.63. The van der Waals surface area contributed by atoms with Crippen LogP contribution in [0.2, 0.25) is 0 Å². The van der Waals surface area contributed by atoms with Crippen molar-refractivity contribution in [3.63, 3.8) is 0 Å². The molecule has 1 aromatic heterocycles. The Labute approximate surface area is 141 Å². The van der Waals surface area contributed by atoms with Crippen LogP contribution in [-0.4, -0.2) is 37.1 Å². The number of hydrogen-bond acceptors (Lipinski definition) is 5. The molecule has 1 heterocycles. The molecule has 0 saturated heterocycles. The zero-order valence-electron chi connectivity index (χ0n) is 14.1. The minimum Gasteiger partial charge on any atom is -0.465 e. The van der Waals surface area contributed by atoms with E-state index in [4.69, 9.17) is 4.74 Å². The zero-order chi connectivity index (χ0) is 17.5. The van der Waals surface area contributed by atoms with Gasteiger partial charge in [0.2, 0.25) is 0 Å². The molecule has 0 aliphatic carbocycles. The monoisotopic (exact) mass is 327 g/mol. The Morgan fingerprint density at radius 1 is 1.12 bits per heavy atom. The van der Waals surface area contributed by atoms with Crippen molar-refractivity contribution in [3.05, 3.63) is 53.9 Å². The van der Waals surface area contributed by atoms with Gasteiger partial charge in [0.15, 0.2) is 0 Å². The zero-order valence-corrected chi connectivity index (χ0v) is 14.1. The molecule has 2 aromatic rings. The van der Waals surface area contributed by atoms with Crippen LogP contribution in [-0.2, 0) is 4.74 Å². The van der Waals surface area contributed by atoms with Gasteiger partial charge in [-0.1, -0.05) is 12.1 Å². The van der Waals surface area contributed by atoms with Crippen LogP contribution in [0.25, 0.3) is 0 Å². The normalized spacial score (nSPS) is 10.1. The van der Waals surface area contributed by atoms with E-state index in [1.807, 2.05) is 6.07 Å². The first-order valence-electron chi connectivity index (χ1n) is 7.80. The van der Waals surface area contributed by atoms with Gasteiger partial charge in [-0.25, -0.2) is 9.78 Å². The fraction of sp³-hybridized carbons (Fsp3) is 0.278. The molecule has 0 saturated carbocycles. The Morgan fingerprint density at radius 2 is 1.83 bits per heavy atom. The summed E-state index contributed by atoms with van der Waals surface area (Å²) in [6.07, 6.45) is 1.67. The van der Waals surface area contributed by atoms with E-state index < -0.39 is 5.97 Å². The molecule has 0 spiro atoms. The van der Waals surface area contributed by atoms with E-state index in [-0.39, 0.29) is 11.6 Å². The third-order valence-corrected chi connectivity index (χ3v) is 3.69. The van der Waals surface area contributed by atoms with Gasteiger partial charge in [0, 0.05) is 13.1 Å². The predicted molar refractivity (Wildman–Crippen MR) is 93.5 cm³/mol. The van der Waals surface area contributed by atoms with Crippen LogP contribution in [0.4, 0.5) is 11.4 Å². The van der Waals surface area contributed by atoms with Gasteiger partial charge in [0.05, 0.1) is 30.2 Å². The van der Waals surface area contributed by atoms with Gasteiger partial charge in [-0.05, 0) is 38.1 Å². The molecular weight excluding hydrogens is 306 g/mol. The predicted octanol–water partition coefficient (Wildman–Crippen LogP) is 2.97. The highest BCUT2D eigenvalue weighted by molar-refractivity contribution is 6.07. The van der Waals surface area contributed by atoms with Gasteiger partial charge in [0.1, 0.15) is 5.69 Å². The third-order valence-electron chi connectivity index (χ3n) is 3.69. The van der Waals surface area contributed by atoms with Crippen LogP contribution in [0, 0.1) is 0 Å². The highest BCUT2D eigenvalue weighted by atomic mass is 16.5. The van der Waals surface area contributed by atoms with E-state index in [0.29, 0.717) is 11.3 Å². The van der Waals surface area contributed by atoms with Crippen molar-refractivity contribution >= 4 is 23.3 Å². The molecule has 1 amide bonds. The molecule has 126 valence electrons. The summed E-state index contributed by atoms with van der Waals surface area (Å²) in [6, 6.07) is 10.2. The Kier molecular flexibility index (Phi) is 5.89. The molecule has 2 rings (SSSR count). The fourth-order valence-electron chi connectivity index (χ4n) is 2.36. The summed E-state index contributed by atoms with van der Waals surface area (Å²) in [5.41, 5.74) is 1.94. The molecule has 0 unspecified atom stereocenters. The lowest BCUT2D eigenvalue weighted by atomic mass is 10.1. The van der Waals surface area contributed by atoms with Gasteiger partial charge in [-0.2, -0.15) is 0 Å². The molecule has 0 aliphatic heterocycles. The minimum atomic E-state index is -0.504. The number of amides is 1. The number of rotatable bonds is 6. The lowest BCUT2D eigenvalue weighted by Gasteiger charge is -2.20. The maximum Gasteiger partial charge on any atom is 0.339 e. The molecule has 6 nitrogen and oxygen atoms in total. The number of hydrogen-bond donors (Lipinski definition) is 1. The van der Waals surface area contributed by atoms with Gasteiger partial charge in [0.25, 0.3) is 5.91 Å². The summed E-state index contributed by atoms with van der Waals surface area (Å²) in [5, 5.41) is 2.70. The van der Waals surface area contributed by atoms with E-state index >= 15 is 0 Å². The second kappa shape index (κ2) is 8.10. The molecule has 0 radical (unpaired) electrons. The number of para-hydroxylation sites is 1. The third kappa shape index (κ3) is 3.90. The first kappa shape index (κ1) is 17.5. The summed E-state index contributed by atoms with van der Waals surface area (Å²) >= 11 is 0. The molecule has 0 atom stereocenters. The molecule has 1 N–H and O–H groups in total.